The summed E-state index contributed by atoms with van der Waals surface area (Å²) < 4.78 is 5.04. The van der Waals surface area contributed by atoms with Crippen LogP contribution in [0.15, 0.2) is 12.1 Å². The highest BCUT2D eigenvalue weighted by molar-refractivity contribution is 5.29. The topological polar surface area (TPSA) is 42.4 Å². The molecule has 0 amide bonds. The van der Waals surface area contributed by atoms with Crippen LogP contribution in [0.25, 0.3) is 0 Å². The molecule has 0 saturated heterocycles. The summed E-state index contributed by atoms with van der Waals surface area (Å²) in [7, 11) is 1.57. The number of rotatable bonds is 9. The van der Waals surface area contributed by atoms with Crippen LogP contribution >= 0.6 is 0 Å². The van der Waals surface area contributed by atoms with Gasteiger partial charge in [-0.1, -0.05) is 45.4 Å². The zero-order valence-corrected chi connectivity index (χ0v) is 11.6. The molecule has 0 bridgehead atoms. The molecular formula is C15H25NO2. The molecule has 0 spiro atoms. The van der Waals surface area contributed by atoms with Crippen molar-refractivity contribution in [1.82, 2.24) is 4.98 Å². The van der Waals surface area contributed by atoms with Gasteiger partial charge in [-0.2, -0.15) is 0 Å². The average molecular weight is 251 g/mol. The van der Waals surface area contributed by atoms with Gasteiger partial charge in [0.1, 0.15) is 5.75 Å². The fraction of sp³-hybridized carbons (Fsp3) is 0.667. The lowest BCUT2D eigenvalue weighted by molar-refractivity contribution is 0.389. The van der Waals surface area contributed by atoms with Crippen molar-refractivity contribution < 1.29 is 9.84 Å². The minimum Gasteiger partial charge on any atom is -0.508 e. The Labute approximate surface area is 110 Å². The maximum absolute atomic E-state index is 9.50. The van der Waals surface area contributed by atoms with Gasteiger partial charge in [0, 0.05) is 17.8 Å². The third-order valence-corrected chi connectivity index (χ3v) is 3.09. The molecule has 1 N–H and O–H groups in total. The van der Waals surface area contributed by atoms with E-state index < -0.39 is 0 Å². The van der Waals surface area contributed by atoms with Crippen LogP contribution in [-0.2, 0) is 6.42 Å². The van der Waals surface area contributed by atoms with E-state index in [0.29, 0.717) is 5.88 Å². The van der Waals surface area contributed by atoms with Crippen LogP contribution < -0.4 is 4.74 Å². The summed E-state index contributed by atoms with van der Waals surface area (Å²) in [5.41, 5.74) is 0.917. The summed E-state index contributed by atoms with van der Waals surface area (Å²) in [5.74, 6) is 0.729. The highest BCUT2D eigenvalue weighted by Crippen LogP contribution is 2.19. The van der Waals surface area contributed by atoms with E-state index in [1.165, 1.54) is 44.6 Å². The van der Waals surface area contributed by atoms with Gasteiger partial charge in [0.25, 0.3) is 0 Å². The standard InChI is InChI=1S/C15H25NO2/c1-3-4-5-6-7-8-9-10-13-11-14(17)12-15(16-13)18-2/h11-12H,3-10H2,1-2H3,(H,16,17). The Kier molecular flexibility index (Phi) is 7.23. The zero-order valence-electron chi connectivity index (χ0n) is 11.6. The molecule has 0 atom stereocenters. The first-order valence-electron chi connectivity index (χ1n) is 7.00. The quantitative estimate of drug-likeness (QED) is 0.672. The second kappa shape index (κ2) is 8.78. The van der Waals surface area contributed by atoms with Gasteiger partial charge in [-0.05, 0) is 12.8 Å². The van der Waals surface area contributed by atoms with E-state index in [2.05, 4.69) is 11.9 Å². The van der Waals surface area contributed by atoms with Crippen molar-refractivity contribution in [3.05, 3.63) is 17.8 Å². The van der Waals surface area contributed by atoms with Crippen LogP contribution in [0, 0.1) is 0 Å². The Bertz CT molecular complexity index is 339. The highest BCUT2D eigenvalue weighted by atomic mass is 16.5. The fourth-order valence-corrected chi connectivity index (χ4v) is 2.04. The lowest BCUT2D eigenvalue weighted by Gasteiger charge is -2.05. The Balaban J connectivity index is 2.20. The molecule has 0 aliphatic carbocycles. The molecule has 18 heavy (non-hydrogen) atoms. The van der Waals surface area contributed by atoms with E-state index in [0.717, 1.165) is 18.5 Å². The van der Waals surface area contributed by atoms with Gasteiger partial charge in [-0.15, -0.1) is 0 Å². The molecule has 0 unspecified atom stereocenters. The van der Waals surface area contributed by atoms with Crippen LogP contribution in [0.4, 0.5) is 0 Å². The van der Waals surface area contributed by atoms with Crippen molar-refractivity contribution in [2.75, 3.05) is 7.11 Å². The number of pyridine rings is 1. The van der Waals surface area contributed by atoms with Crippen molar-refractivity contribution in [2.45, 2.75) is 58.3 Å². The third kappa shape index (κ3) is 5.89. The first-order valence-corrected chi connectivity index (χ1v) is 7.00. The van der Waals surface area contributed by atoms with Gasteiger partial charge in [-0.3, -0.25) is 0 Å². The van der Waals surface area contributed by atoms with Crippen LogP contribution in [-0.4, -0.2) is 17.2 Å². The van der Waals surface area contributed by atoms with E-state index in [1.54, 1.807) is 13.2 Å². The van der Waals surface area contributed by atoms with Crippen molar-refractivity contribution in [3.8, 4) is 11.6 Å². The molecule has 1 aromatic rings. The molecule has 0 radical (unpaired) electrons. The first-order chi connectivity index (χ1) is 8.76. The summed E-state index contributed by atoms with van der Waals surface area (Å²) in [4.78, 5) is 4.32. The lowest BCUT2D eigenvalue weighted by Crippen LogP contribution is -1.94. The molecule has 0 saturated carbocycles. The van der Waals surface area contributed by atoms with Crippen molar-refractivity contribution >= 4 is 0 Å². The number of aromatic hydroxyl groups is 1. The van der Waals surface area contributed by atoms with E-state index >= 15 is 0 Å². The maximum Gasteiger partial charge on any atom is 0.216 e. The number of unbranched alkanes of at least 4 members (excludes halogenated alkanes) is 6. The molecule has 3 nitrogen and oxygen atoms in total. The van der Waals surface area contributed by atoms with E-state index in [1.807, 2.05) is 0 Å². The molecule has 1 heterocycles. The molecule has 102 valence electrons. The Morgan fingerprint density at radius 3 is 2.39 bits per heavy atom. The Morgan fingerprint density at radius 1 is 1.06 bits per heavy atom. The minimum absolute atomic E-state index is 0.236. The SMILES string of the molecule is CCCCCCCCCc1cc(O)cc(OC)n1. The summed E-state index contributed by atoms with van der Waals surface area (Å²) in [6.07, 6.45) is 9.93. The number of ether oxygens (including phenoxy) is 1. The summed E-state index contributed by atoms with van der Waals surface area (Å²) >= 11 is 0. The molecule has 0 aromatic carbocycles. The number of aryl methyl sites for hydroxylation is 1. The highest BCUT2D eigenvalue weighted by Gasteiger charge is 2.02. The van der Waals surface area contributed by atoms with Crippen LogP contribution in [0.2, 0.25) is 0 Å². The van der Waals surface area contributed by atoms with Crippen molar-refractivity contribution in [2.24, 2.45) is 0 Å². The summed E-state index contributed by atoms with van der Waals surface area (Å²) in [5, 5.41) is 9.50. The van der Waals surface area contributed by atoms with E-state index in [-0.39, 0.29) is 5.75 Å². The van der Waals surface area contributed by atoms with Gasteiger partial charge >= 0.3 is 0 Å². The predicted molar refractivity (Wildman–Crippen MR) is 74.2 cm³/mol. The monoisotopic (exact) mass is 251 g/mol. The average Bonchev–Trinajstić information content (AvgIpc) is 2.37. The second-order valence-corrected chi connectivity index (χ2v) is 4.73. The van der Waals surface area contributed by atoms with Gasteiger partial charge in [0.15, 0.2) is 0 Å². The third-order valence-electron chi connectivity index (χ3n) is 3.09. The molecule has 0 aliphatic heterocycles. The number of hydrogen-bond acceptors (Lipinski definition) is 3. The zero-order chi connectivity index (χ0) is 13.2. The largest absolute Gasteiger partial charge is 0.508 e. The molecule has 0 aliphatic rings. The Morgan fingerprint density at radius 2 is 1.72 bits per heavy atom. The second-order valence-electron chi connectivity index (χ2n) is 4.73. The van der Waals surface area contributed by atoms with Gasteiger partial charge in [-0.25, -0.2) is 4.98 Å². The first kappa shape index (κ1) is 14.8. The number of nitrogens with zero attached hydrogens (tertiary/aromatic N) is 1. The van der Waals surface area contributed by atoms with Crippen LogP contribution in [0.3, 0.4) is 0 Å². The van der Waals surface area contributed by atoms with Crippen molar-refractivity contribution in [3.63, 3.8) is 0 Å². The molecule has 0 fully saturated rings. The number of methoxy groups -OCH3 is 1. The predicted octanol–water partition coefficient (Wildman–Crippen LogP) is 4.09. The lowest BCUT2D eigenvalue weighted by atomic mass is 10.1. The van der Waals surface area contributed by atoms with E-state index in [4.69, 9.17) is 4.74 Å². The van der Waals surface area contributed by atoms with Crippen molar-refractivity contribution in [1.29, 1.82) is 0 Å². The van der Waals surface area contributed by atoms with E-state index in [9.17, 15) is 5.11 Å². The molecular weight excluding hydrogens is 226 g/mol. The Hall–Kier alpha value is -1.25. The minimum atomic E-state index is 0.236. The summed E-state index contributed by atoms with van der Waals surface area (Å²) in [6.45, 7) is 2.24. The molecule has 1 aromatic heterocycles. The fourth-order valence-electron chi connectivity index (χ4n) is 2.04. The maximum atomic E-state index is 9.50. The van der Waals surface area contributed by atoms with Gasteiger partial charge in [0.05, 0.1) is 7.11 Å². The van der Waals surface area contributed by atoms with Gasteiger partial charge in [0.2, 0.25) is 5.88 Å². The van der Waals surface area contributed by atoms with Crippen LogP contribution in [0.1, 0.15) is 57.6 Å². The normalized spacial score (nSPS) is 10.6. The van der Waals surface area contributed by atoms with Gasteiger partial charge < -0.3 is 9.84 Å². The van der Waals surface area contributed by atoms with Crippen LogP contribution in [0.5, 0.6) is 11.6 Å². The smallest absolute Gasteiger partial charge is 0.216 e. The number of aromatic nitrogens is 1. The molecule has 1 rings (SSSR count). The molecule has 3 heteroatoms. The number of hydrogen-bond donors (Lipinski definition) is 1. The summed E-state index contributed by atoms with van der Waals surface area (Å²) in [6, 6.07) is 3.26.